The van der Waals surface area contributed by atoms with E-state index in [4.69, 9.17) is 0 Å². The number of nitrogens with zero attached hydrogens (tertiary/aromatic N) is 1. The van der Waals surface area contributed by atoms with Crippen LogP contribution in [0.2, 0.25) is 0 Å². The molecule has 0 unspecified atom stereocenters. The number of carbonyl (C=O) groups is 1. The van der Waals surface area contributed by atoms with Crippen molar-refractivity contribution in [3.8, 4) is 0 Å². The summed E-state index contributed by atoms with van der Waals surface area (Å²) >= 11 is 0. The topological polar surface area (TPSA) is 20.3 Å². The van der Waals surface area contributed by atoms with Crippen LogP contribution in [0.3, 0.4) is 0 Å². The Kier molecular flexibility index (Phi) is 2.98. The Bertz CT molecular complexity index is 437. The molecule has 1 atom stereocenters. The molecule has 0 saturated heterocycles. The molecule has 2 heteroatoms. The van der Waals surface area contributed by atoms with E-state index in [9.17, 15) is 4.79 Å². The minimum absolute atomic E-state index is 0.198. The number of hydrogen-bond donors (Lipinski definition) is 0. The smallest absolute Gasteiger partial charge is 0.150 e. The van der Waals surface area contributed by atoms with E-state index in [1.165, 1.54) is 11.3 Å². The summed E-state index contributed by atoms with van der Waals surface area (Å²) in [6, 6.07) is 6.06. The van der Waals surface area contributed by atoms with Gasteiger partial charge in [-0.1, -0.05) is 6.92 Å². The summed E-state index contributed by atoms with van der Waals surface area (Å²) in [7, 11) is 0. The highest BCUT2D eigenvalue weighted by molar-refractivity contribution is 5.77. The fraction of sp³-hybridized carbons (Fsp3) is 0.533. The molecule has 0 spiro atoms. The van der Waals surface area contributed by atoms with Crippen LogP contribution in [0.5, 0.6) is 0 Å². The van der Waals surface area contributed by atoms with E-state index in [0.717, 1.165) is 24.8 Å². The van der Waals surface area contributed by atoms with Gasteiger partial charge in [-0.05, 0) is 56.9 Å². The van der Waals surface area contributed by atoms with Crippen LogP contribution < -0.4 is 4.90 Å². The number of hydrogen-bond acceptors (Lipinski definition) is 2. The first-order chi connectivity index (χ1) is 7.99. The predicted molar refractivity (Wildman–Crippen MR) is 72.0 cm³/mol. The van der Waals surface area contributed by atoms with Gasteiger partial charge in [-0.3, -0.25) is 4.79 Å². The van der Waals surface area contributed by atoms with Gasteiger partial charge in [-0.2, -0.15) is 0 Å². The second kappa shape index (κ2) is 4.17. The summed E-state index contributed by atoms with van der Waals surface area (Å²) in [6.07, 6.45) is 2.07. The molecule has 0 fully saturated rings. The molecule has 1 aliphatic heterocycles. The van der Waals surface area contributed by atoms with Crippen molar-refractivity contribution in [2.45, 2.75) is 45.6 Å². The molecule has 1 heterocycles. The van der Waals surface area contributed by atoms with Gasteiger partial charge in [0.15, 0.2) is 0 Å². The Morgan fingerprint density at radius 1 is 1.47 bits per heavy atom. The van der Waals surface area contributed by atoms with Crippen molar-refractivity contribution < 1.29 is 4.79 Å². The molecule has 17 heavy (non-hydrogen) atoms. The van der Waals surface area contributed by atoms with E-state index in [0.29, 0.717) is 5.92 Å². The summed E-state index contributed by atoms with van der Waals surface area (Å²) in [5.41, 5.74) is 3.59. The van der Waals surface area contributed by atoms with Gasteiger partial charge in [0.05, 0.1) is 0 Å². The zero-order chi connectivity index (χ0) is 12.6. The van der Waals surface area contributed by atoms with Gasteiger partial charge in [0.1, 0.15) is 6.29 Å². The molecular weight excluding hydrogens is 210 g/mol. The molecule has 0 aromatic heterocycles. The largest absolute Gasteiger partial charge is 0.366 e. The molecule has 2 rings (SSSR count). The normalized spacial score (nSPS) is 22.1. The minimum Gasteiger partial charge on any atom is -0.366 e. The van der Waals surface area contributed by atoms with Crippen molar-refractivity contribution in [1.82, 2.24) is 0 Å². The third-order valence-electron chi connectivity index (χ3n) is 3.86. The fourth-order valence-electron chi connectivity index (χ4n) is 3.18. The van der Waals surface area contributed by atoms with E-state index in [2.05, 4.69) is 38.7 Å². The van der Waals surface area contributed by atoms with Crippen molar-refractivity contribution in [3.05, 3.63) is 29.3 Å². The Balaban J connectivity index is 2.55. The molecule has 92 valence electrons. The number of anilines is 1. The quantitative estimate of drug-likeness (QED) is 0.725. The van der Waals surface area contributed by atoms with Crippen LogP contribution in [0.25, 0.3) is 0 Å². The summed E-state index contributed by atoms with van der Waals surface area (Å²) in [6.45, 7) is 10.0. The van der Waals surface area contributed by atoms with E-state index >= 15 is 0 Å². The maximum absolute atomic E-state index is 10.9. The fourth-order valence-corrected chi connectivity index (χ4v) is 3.18. The summed E-state index contributed by atoms with van der Waals surface area (Å²) in [5, 5.41) is 0. The highest BCUT2D eigenvalue weighted by Crippen LogP contribution is 2.43. The Morgan fingerprint density at radius 3 is 2.76 bits per heavy atom. The van der Waals surface area contributed by atoms with Crippen molar-refractivity contribution in [1.29, 1.82) is 0 Å². The van der Waals surface area contributed by atoms with E-state index in [-0.39, 0.29) is 5.54 Å². The van der Waals surface area contributed by atoms with E-state index < -0.39 is 0 Å². The van der Waals surface area contributed by atoms with Gasteiger partial charge in [-0.25, -0.2) is 0 Å². The lowest BCUT2D eigenvalue weighted by Gasteiger charge is -2.47. The third-order valence-corrected chi connectivity index (χ3v) is 3.86. The van der Waals surface area contributed by atoms with Gasteiger partial charge in [0, 0.05) is 23.3 Å². The average molecular weight is 231 g/mol. The average Bonchev–Trinajstić information content (AvgIpc) is 2.28. The van der Waals surface area contributed by atoms with Crippen LogP contribution in [0, 0.1) is 0 Å². The van der Waals surface area contributed by atoms with Gasteiger partial charge in [-0.15, -0.1) is 0 Å². The Hall–Kier alpha value is -1.31. The SMILES string of the molecule is CCN1c2ccc(C=O)cc2[C@H](C)CC1(C)C. The molecule has 0 amide bonds. The summed E-state index contributed by atoms with van der Waals surface area (Å²) in [4.78, 5) is 13.3. The molecule has 1 aromatic rings. The first-order valence-corrected chi connectivity index (χ1v) is 6.36. The lowest BCUT2D eigenvalue weighted by atomic mass is 9.79. The standard InChI is InChI=1S/C15H21NO/c1-5-16-14-7-6-12(10-17)8-13(14)11(2)9-15(16,3)4/h6-8,10-11H,5,9H2,1-4H3/t11-/m1/s1. The van der Waals surface area contributed by atoms with Gasteiger partial charge < -0.3 is 4.90 Å². The van der Waals surface area contributed by atoms with Crippen molar-refractivity contribution in [2.75, 3.05) is 11.4 Å². The van der Waals surface area contributed by atoms with Crippen LogP contribution in [-0.2, 0) is 0 Å². The number of carbonyl (C=O) groups excluding carboxylic acids is 1. The molecule has 0 bridgehead atoms. The summed E-state index contributed by atoms with van der Waals surface area (Å²) < 4.78 is 0. The third kappa shape index (κ3) is 1.97. The van der Waals surface area contributed by atoms with Crippen LogP contribution >= 0.6 is 0 Å². The highest BCUT2D eigenvalue weighted by atomic mass is 16.1. The molecule has 0 radical (unpaired) electrons. The van der Waals surface area contributed by atoms with Crippen LogP contribution in [-0.4, -0.2) is 18.4 Å². The van der Waals surface area contributed by atoms with E-state index in [1.54, 1.807) is 0 Å². The molecule has 0 N–H and O–H groups in total. The van der Waals surface area contributed by atoms with Crippen LogP contribution in [0.4, 0.5) is 5.69 Å². The van der Waals surface area contributed by atoms with Gasteiger partial charge in [0.2, 0.25) is 0 Å². The van der Waals surface area contributed by atoms with Gasteiger partial charge >= 0.3 is 0 Å². The van der Waals surface area contributed by atoms with Crippen molar-refractivity contribution >= 4 is 12.0 Å². The van der Waals surface area contributed by atoms with Crippen molar-refractivity contribution in [3.63, 3.8) is 0 Å². The second-order valence-corrected chi connectivity index (χ2v) is 5.60. The highest BCUT2D eigenvalue weighted by Gasteiger charge is 2.35. The Labute approximate surface area is 104 Å². The zero-order valence-corrected chi connectivity index (χ0v) is 11.2. The molecular formula is C15H21NO. The monoisotopic (exact) mass is 231 g/mol. The minimum atomic E-state index is 0.198. The predicted octanol–water partition coefficient (Wildman–Crippen LogP) is 3.61. The van der Waals surface area contributed by atoms with Crippen LogP contribution in [0.1, 0.15) is 56.0 Å². The molecule has 2 nitrogen and oxygen atoms in total. The van der Waals surface area contributed by atoms with Gasteiger partial charge in [0.25, 0.3) is 0 Å². The lowest BCUT2D eigenvalue weighted by molar-refractivity contribution is 0.112. The number of aldehydes is 1. The number of benzene rings is 1. The molecule has 1 aliphatic rings. The van der Waals surface area contributed by atoms with Crippen molar-refractivity contribution in [2.24, 2.45) is 0 Å². The summed E-state index contributed by atoms with van der Waals surface area (Å²) in [5.74, 6) is 0.516. The zero-order valence-electron chi connectivity index (χ0n) is 11.2. The lowest BCUT2D eigenvalue weighted by Crippen LogP contribution is -2.48. The van der Waals surface area contributed by atoms with E-state index in [1.807, 2.05) is 12.1 Å². The van der Waals surface area contributed by atoms with Crippen LogP contribution in [0.15, 0.2) is 18.2 Å². The second-order valence-electron chi connectivity index (χ2n) is 5.60. The maximum Gasteiger partial charge on any atom is 0.150 e. The molecule has 1 aromatic carbocycles. The molecule has 0 aliphatic carbocycles. The first-order valence-electron chi connectivity index (χ1n) is 6.36. The number of rotatable bonds is 2. The molecule has 0 saturated carbocycles. The first kappa shape index (κ1) is 12.2. The number of fused-ring (bicyclic) bond motifs is 1. The maximum atomic E-state index is 10.9. The Morgan fingerprint density at radius 2 is 2.18 bits per heavy atom.